The average Bonchev–Trinajstić information content (AvgIpc) is 3.21. The Morgan fingerprint density at radius 2 is 0.950 bits per heavy atom. The van der Waals surface area contributed by atoms with Crippen LogP contribution in [0.3, 0.4) is 0 Å². The number of carbonyl (C=O) groups excluding carboxylic acids is 2. The van der Waals surface area contributed by atoms with E-state index >= 15 is 0 Å². The summed E-state index contributed by atoms with van der Waals surface area (Å²) in [5.41, 5.74) is 0. The Hall–Kier alpha value is -1.87. The van der Waals surface area contributed by atoms with E-state index in [4.69, 9.17) is 18.9 Å². The van der Waals surface area contributed by atoms with Gasteiger partial charge in [0.25, 0.3) is 10.1 Å². The molecule has 1 aliphatic heterocycles. The van der Waals surface area contributed by atoms with Gasteiger partial charge in [0.2, 0.25) is 0 Å². The number of aliphatic hydroxyl groups is 3. The van der Waals surface area contributed by atoms with Gasteiger partial charge in [-0.25, -0.2) is 0 Å². The summed E-state index contributed by atoms with van der Waals surface area (Å²) in [4.78, 5) is 25.4. The molecule has 4 N–H and O–H groups in total. The highest BCUT2D eigenvalue weighted by Gasteiger charge is 2.46. The summed E-state index contributed by atoms with van der Waals surface area (Å²) in [5, 5.41) is 30.9. The van der Waals surface area contributed by atoms with E-state index in [1.165, 1.54) is 128 Å². The van der Waals surface area contributed by atoms with Gasteiger partial charge >= 0.3 is 11.9 Å². The molecule has 0 saturated carbocycles. The fourth-order valence-corrected chi connectivity index (χ4v) is 7.95. The van der Waals surface area contributed by atoms with Crippen molar-refractivity contribution >= 4 is 22.1 Å². The molecular weight excluding hydrogens is 789 g/mol. The molecular formula is C47H86O12S. The molecule has 1 heterocycles. The Bertz CT molecular complexity index is 1210. The summed E-state index contributed by atoms with van der Waals surface area (Å²) in [5.74, 6) is -2.01. The van der Waals surface area contributed by atoms with Crippen LogP contribution in [-0.2, 0) is 38.7 Å². The fraction of sp³-hybridized carbons (Fsp3) is 0.872. The van der Waals surface area contributed by atoms with E-state index < -0.39 is 71.2 Å². The van der Waals surface area contributed by atoms with Crippen molar-refractivity contribution in [3.05, 3.63) is 24.3 Å². The number of rotatable bonds is 40. The van der Waals surface area contributed by atoms with E-state index in [1.807, 2.05) is 0 Å². The van der Waals surface area contributed by atoms with Gasteiger partial charge < -0.3 is 34.3 Å². The van der Waals surface area contributed by atoms with Crippen molar-refractivity contribution in [3.63, 3.8) is 0 Å². The Morgan fingerprint density at radius 1 is 0.550 bits per heavy atom. The highest BCUT2D eigenvalue weighted by molar-refractivity contribution is 7.85. The Balaban J connectivity index is 2.43. The maximum absolute atomic E-state index is 12.8. The van der Waals surface area contributed by atoms with Gasteiger partial charge in [0, 0.05) is 12.8 Å². The smallest absolute Gasteiger partial charge is 0.306 e. The molecule has 6 atom stereocenters. The lowest BCUT2D eigenvalue weighted by atomic mass is 10.00. The molecule has 352 valence electrons. The number of allylic oxidation sites excluding steroid dienone is 4. The molecule has 0 aromatic carbocycles. The van der Waals surface area contributed by atoms with Crippen molar-refractivity contribution in [2.75, 3.05) is 19.0 Å². The minimum absolute atomic E-state index is 0.136. The first-order valence-corrected chi connectivity index (χ1v) is 25.5. The first-order valence-electron chi connectivity index (χ1n) is 23.9. The quantitative estimate of drug-likeness (QED) is 0.0198. The van der Waals surface area contributed by atoms with E-state index in [9.17, 15) is 37.9 Å². The molecule has 0 aromatic heterocycles. The Kier molecular flexibility index (Phi) is 35.2. The van der Waals surface area contributed by atoms with Gasteiger partial charge in [-0.2, -0.15) is 8.42 Å². The van der Waals surface area contributed by atoms with E-state index in [-0.39, 0.29) is 19.4 Å². The molecule has 0 spiro atoms. The summed E-state index contributed by atoms with van der Waals surface area (Å²) in [6.45, 7) is 3.74. The van der Waals surface area contributed by atoms with Crippen LogP contribution in [0.4, 0.5) is 0 Å². The van der Waals surface area contributed by atoms with E-state index in [0.29, 0.717) is 12.8 Å². The van der Waals surface area contributed by atoms with Crippen LogP contribution in [0, 0.1) is 0 Å². The summed E-state index contributed by atoms with van der Waals surface area (Å²) in [6, 6.07) is 0. The zero-order chi connectivity index (χ0) is 44.1. The van der Waals surface area contributed by atoms with Gasteiger partial charge in [-0.15, -0.1) is 0 Å². The lowest BCUT2D eigenvalue weighted by Gasteiger charge is -2.40. The number of hydrogen-bond acceptors (Lipinski definition) is 11. The highest BCUT2D eigenvalue weighted by atomic mass is 32.2. The zero-order valence-electron chi connectivity index (χ0n) is 37.6. The van der Waals surface area contributed by atoms with Gasteiger partial charge in [-0.05, 0) is 64.2 Å². The largest absolute Gasteiger partial charge is 0.462 e. The molecule has 1 aliphatic rings. The van der Waals surface area contributed by atoms with Crippen molar-refractivity contribution < 1.29 is 56.8 Å². The van der Waals surface area contributed by atoms with E-state index in [2.05, 4.69) is 38.2 Å². The summed E-state index contributed by atoms with van der Waals surface area (Å²) in [6.07, 6.45) is 32.2. The second kappa shape index (κ2) is 37.7. The molecule has 0 radical (unpaired) electrons. The van der Waals surface area contributed by atoms with Crippen LogP contribution in [0.15, 0.2) is 24.3 Å². The monoisotopic (exact) mass is 875 g/mol. The molecule has 12 nitrogen and oxygen atoms in total. The first-order chi connectivity index (χ1) is 29.0. The summed E-state index contributed by atoms with van der Waals surface area (Å²) >= 11 is 0. The van der Waals surface area contributed by atoms with Crippen molar-refractivity contribution in [1.29, 1.82) is 0 Å². The van der Waals surface area contributed by atoms with E-state index in [0.717, 1.165) is 38.5 Å². The number of hydrogen-bond donors (Lipinski definition) is 4. The van der Waals surface area contributed by atoms with Crippen LogP contribution < -0.4 is 0 Å². The van der Waals surface area contributed by atoms with Crippen molar-refractivity contribution in [2.45, 2.75) is 243 Å². The normalized spacial score (nSPS) is 20.3. The molecule has 0 amide bonds. The van der Waals surface area contributed by atoms with Crippen LogP contribution in [0.5, 0.6) is 0 Å². The Morgan fingerprint density at radius 3 is 1.43 bits per heavy atom. The van der Waals surface area contributed by atoms with E-state index in [1.54, 1.807) is 0 Å². The molecule has 0 aromatic rings. The zero-order valence-corrected chi connectivity index (χ0v) is 38.4. The lowest BCUT2D eigenvalue weighted by molar-refractivity contribution is -0.297. The molecule has 13 heteroatoms. The highest BCUT2D eigenvalue weighted by Crippen LogP contribution is 2.24. The van der Waals surface area contributed by atoms with Gasteiger partial charge in [0.05, 0.1) is 6.61 Å². The number of aliphatic hydroxyl groups excluding tert-OH is 3. The third-order valence-electron chi connectivity index (χ3n) is 11.0. The van der Waals surface area contributed by atoms with Crippen LogP contribution >= 0.6 is 0 Å². The minimum Gasteiger partial charge on any atom is -0.462 e. The van der Waals surface area contributed by atoms with Crippen LogP contribution in [0.25, 0.3) is 0 Å². The van der Waals surface area contributed by atoms with Crippen LogP contribution in [-0.4, -0.2) is 96.0 Å². The lowest BCUT2D eigenvalue weighted by Crippen LogP contribution is -2.60. The minimum atomic E-state index is -4.60. The third-order valence-corrected chi connectivity index (χ3v) is 11.8. The molecule has 1 rings (SSSR count). The maximum atomic E-state index is 12.8. The molecule has 2 unspecified atom stereocenters. The summed E-state index contributed by atoms with van der Waals surface area (Å²) < 4.78 is 54.1. The molecule has 0 bridgehead atoms. The van der Waals surface area contributed by atoms with Gasteiger partial charge in [-0.3, -0.25) is 14.1 Å². The summed E-state index contributed by atoms with van der Waals surface area (Å²) in [7, 11) is -4.60. The standard InChI is InChI=1S/C47H86O12S/c1-3-5-7-9-11-13-15-17-19-20-22-23-25-27-29-31-33-35-42(48)56-37-40(38-57-47-46(52)45(51)44(50)41(59-47)39-60(53,54)55)58-43(49)36-34-32-30-28-26-24-21-18-16-14-12-10-8-6-4-2/h13,15,26,28,40-41,44-47,50-52H,3-12,14,16-25,27,29-39H2,1-2H3,(H,53,54,55)/b15-13+,28-26+/t40-,41-,44-,45?,46?,47+/m1/s1. The number of unbranched alkanes of at least 4 members (excludes halogenated alkanes) is 24. The SMILES string of the molecule is CCCCCC/C=C/CCCCCCCCCCCC(=O)OC[C@H](CO[C@H]1O[C@H](CS(=O)(=O)O)[C@@H](O)C(O)C1O)OC(=O)CCCC/C=C/CCCCCCCCCCC. The second-order valence-corrected chi connectivity index (χ2v) is 18.3. The second-order valence-electron chi connectivity index (χ2n) is 16.8. The van der Waals surface area contributed by atoms with Gasteiger partial charge in [0.15, 0.2) is 12.4 Å². The molecule has 60 heavy (non-hydrogen) atoms. The number of esters is 2. The fourth-order valence-electron chi connectivity index (χ4n) is 7.25. The Labute approximate surface area is 364 Å². The predicted octanol–water partition coefficient (Wildman–Crippen LogP) is 10.0. The predicted molar refractivity (Wildman–Crippen MR) is 238 cm³/mol. The molecule has 1 fully saturated rings. The third kappa shape index (κ3) is 31.9. The van der Waals surface area contributed by atoms with Gasteiger partial charge in [0.1, 0.15) is 36.8 Å². The van der Waals surface area contributed by atoms with Gasteiger partial charge in [-0.1, -0.05) is 154 Å². The maximum Gasteiger partial charge on any atom is 0.306 e. The first kappa shape index (κ1) is 56.1. The number of carbonyl (C=O) groups is 2. The molecule has 0 aliphatic carbocycles. The van der Waals surface area contributed by atoms with Crippen LogP contribution in [0.1, 0.15) is 206 Å². The van der Waals surface area contributed by atoms with Crippen molar-refractivity contribution in [3.8, 4) is 0 Å². The topological polar surface area (TPSA) is 186 Å². The van der Waals surface area contributed by atoms with Crippen molar-refractivity contribution in [1.82, 2.24) is 0 Å². The van der Waals surface area contributed by atoms with Crippen molar-refractivity contribution in [2.24, 2.45) is 0 Å². The van der Waals surface area contributed by atoms with Crippen LogP contribution in [0.2, 0.25) is 0 Å². The average molecular weight is 875 g/mol. The molecule has 1 saturated heterocycles. The number of ether oxygens (including phenoxy) is 4.